The zero-order valence-electron chi connectivity index (χ0n) is 12.8. The number of carbonyl (C=O) groups excluding carboxylic acids is 1. The first kappa shape index (κ1) is 15.1. The number of pyridine rings is 1. The number of carbonyl (C=O) groups is 1. The van der Waals surface area contributed by atoms with Crippen LogP contribution in [-0.4, -0.2) is 60.3 Å². The lowest BCUT2D eigenvalue weighted by Crippen LogP contribution is -2.44. The van der Waals surface area contributed by atoms with E-state index in [-0.39, 0.29) is 11.8 Å². The number of likely N-dealkylation sites (N-methyl/N-ethyl adjacent to an activating group) is 2. The van der Waals surface area contributed by atoms with Gasteiger partial charge in [0.25, 0.3) is 0 Å². The molecule has 0 aromatic carbocycles. The summed E-state index contributed by atoms with van der Waals surface area (Å²) in [5.41, 5.74) is 2.10. The molecule has 1 aromatic rings. The highest BCUT2D eigenvalue weighted by Gasteiger charge is 2.26. The molecule has 2 rings (SSSR count). The van der Waals surface area contributed by atoms with Gasteiger partial charge in [-0.05, 0) is 51.7 Å². The van der Waals surface area contributed by atoms with Crippen LogP contribution in [0.25, 0.3) is 0 Å². The van der Waals surface area contributed by atoms with Crippen LogP contribution in [0.1, 0.15) is 24.6 Å². The van der Waals surface area contributed by atoms with Crippen LogP contribution in [0.5, 0.6) is 0 Å². The number of aryl methyl sites for hydroxylation is 1. The number of hydrogen-bond donors (Lipinski definition) is 0. The highest BCUT2D eigenvalue weighted by atomic mass is 16.1. The van der Waals surface area contributed by atoms with E-state index in [4.69, 9.17) is 0 Å². The fourth-order valence-electron chi connectivity index (χ4n) is 2.68. The lowest BCUT2D eigenvalue weighted by Gasteiger charge is -2.26. The zero-order chi connectivity index (χ0) is 14.5. The van der Waals surface area contributed by atoms with Gasteiger partial charge in [0.05, 0.1) is 12.5 Å². The maximum absolute atomic E-state index is 12.5. The molecule has 0 radical (unpaired) electrons. The monoisotopic (exact) mass is 275 g/mol. The number of rotatable bonds is 4. The third kappa shape index (κ3) is 3.87. The van der Waals surface area contributed by atoms with Crippen LogP contribution in [0.4, 0.5) is 0 Å². The van der Waals surface area contributed by atoms with Gasteiger partial charge < -0.3 is 4.90 Å². The van der Waals surface area contributed by atoms with Gasteiger partial charge in [0.15, 0.2) is 5.78 Å². The Bertz CT molecular complexity index is 444. The van der Waals surface area contributed by atoms with Crippen LogP contribution < -0.4 is 0 Å². The van der Waals surface area contributed by atoms with E-state index in [1.54, 1.807) is 0 Å². The van der Waals surface area contributed by atoms with Gasteiger partial charge in [-0.15, -0.1) is 0 Å². The molecule has 0 amide bonds. The van der Waals surface area contributed by atoms with Crippen LogP contribution in [-0.2, 0) is 17.6 Å². The second kappa shape index (κ2) is 6.95. The highest BCUT2D eigenvalue weighted by Crippen LogP contribution is 2.11. The second-order valence-corrected chi connectivity index (χ2v) is 5.77. The largest absolute Gasteiger partial charge is 0.304 e. The molecule has 0 aliphatic carbocycles. The average Bonchev–Trinajstić information content (AvgIpc) is 2.61. The van der Waals surface area contributed by atoms with Crippen molar-refractivity contribution in [3.63, 3.8) is 0 Å². The summed E-state index contributed by atoms with van der Waals surface area (Å²) in [6, 6.07) is 4.05. The second-order valence-electron chi connectivity index (χ2n) is 5.77. The topological polar surface area (TPSA) is 36.4 Å². The molecule has 1 fully saturated rings. The lowest BCUT2D eigenvalue weighted by atomic mass is 10.1. The van der Waals surface area contributed by atoms with Gasteiger partial charge in [-0.1, -0.05) is 13.0 Å². The lowest BCUT2D eigenvalue weighted by molar-refractivity contribution is -0.123. The summed E-state index contributed by atoms with van der Waals surface area (Å²) in [6.07, 6.45) is 4.43. The van der Waals surface area contributed by atoms with Crippen LogP contribution in [0, 0.1) is 0 Å². The Hall–Kier alpha value is -1.26. The number of hydrogen-bond acceptors (Lipinski definition) is 4. The summed E-state index contributed by atoms with van der Waals surface area (Å²) < 4.78 is 0. The van der Waals surface area contributed by atoms with Crippen molar-refractivity contribution < 1.29 is 4.79 Å². The van der Waals surface area contributed by atoms with Crippen molar-refractivity contribution in [2.45, 2.75) is 32.2 Å². The van der Waals surface area contributed by atoms with E-state index >= 15 is 0 Å². The van der Waals surface area contributed by atoms with Gasteiger partial charge in [0, 0.05) is 18.4 Å². The summed E-state index contributed by atoms with van der Waals surface area (Å²) in [7, 11) is 4.14. The molecule has 20 heavy (non-hydrogen) atoms. The molecule has 1 unspecified atom stereocenters. The molecule has 110 valence electrons. The molecule has 4 nitrogen and oxygen atoms in total. The first-order chi connectivity index (χ1) is 9.60. The fraction of sp³-hybridized carbons (Fsp3) is 0.625. The molecule has 0 spiro atoms. The smallest absolute Gasteiger partial charge is 0.157 e. The first-order valence-corrected chi connectivity index (χ1v) is 7.45. The number of Topliss-reactive ketones (excluding diaryl/α,β-unsaturated/α-hetero) is 1. The minimum absolute atomic E-state index is 0.00449. The Balaban J connectivity index is 2.01. The van der Waals surface area contributed by atoms with Crippen molar-refractivity contribution in [3.05, 3.63) is 29.6 Å². The zero-order valence-corrected chi connectivity index (χ0v) is 12.8. The SMILES string of the molecule is CCc1ccc(CC(=O)C2CN(C)CCCN2C)nc1. The van der Waals surface area contributed by atoms with Crippen LogP contribution in [0.3, 0.4) is 0 Å². The Labute approximate surface area is 121 Å². The average molecular weight is 275 g/mol. The molecule has 4 heteroatoms. The highest BCUT2D eigenvalue weighted by molar-refractivity contribution is 5.86. The van der Waals surface area contributed by atoms with Crippen LogP contribution in [0.15, 0.2) is 18.3 Å². The minimum Gasteiger partial charge on any atom is -0.304 e. The first-order valence-electron chi connectivity index (χ1n) is 7.45. The van der Waals surface area contributed by atoms with Gasteiger partial charge >= 0.3 is 0 Å². The van der Waals surface area contributed by atoms with E-state index in [0.717, 1.165) is 38.2 Å². The van der Waals surface area contributed by atoms with E-state index in [9.17, 15) is 4.79 Å². The third-order valence-electron chi connectivity index (χ3n) is 4.09. The van der Waals surface area contributed by atoms with E-state index in [1.807, 2.05) is 12.3 Å². The number of nitrogens with zero attached hydrogens (tertiary/aromatic N) is 3. The Morgan fingerprint density at radius 1 is 1.35 bits per heavy atom. The van der Waals surface area contributed by atoms with Crippen LogP contribution >= 0.6 is 0 Å². The maximum atomic E-state index is 12.5. The Morgan fingerprint density at radius 2 is 2.15 bits per heavy atom. The summed E-state index contributed by atoms with van der Waals surface area (Å²) >= 11 is 0. The Morgan fingerprint density at radius 3 is 2.80 bits per heavy atom. The van der Waals surface area contributed by atoms with Crippen molar-refractivity contribution in [2.24, 2.45) is 0 Å². The number of aromatic nitrogens is 1. The summed E-state index contributed by atoms with van der Waals surface area (Å²) in [5, 5.41) is 0. The summed E-state index contributed by atoms with van der Waals surface area (Å²) in [4.78, 5) is 21.4. The van der Waals surface area contributed by atoms with Gasteiger partial charge in [-0.3, -0.25) is 14.7 Å². The molecule has 1 aliphatic rings. The van der Waals surface area contributed by atoms with E-state index in [2.05, 4.69) is 41.9 Å². The summed E-state index contributed by atoms with van der Waals surface area (Å²) in [6.45, 7) is 4.99. The predicted octanol–water partition coefficient (Wildman–Crippen LogP) is 1.39. The van der Waals surface area contributed by atoms with Crippen LogP contribution in [0.2, 0.25) is 0 Å². The van der Waals surface area contributed by atoms with Crippen molar-refractivity contribution in [3.8, 4) is 0 Å². The molecule has 2 heterocycles. The number of ketones is 1. The van der Waals surface area contributed by atoms with Gasteiger partial charge in [-0.25, -0.2) is 0 Å². The fourth-order valence-corrected chi connectivity index (χ4v) is 2.68. The van der Waals surface area contributed by atoms with E-state index < -0.39 is 0 Å². The molecule has 1 saturated heterocycles. The van der Waals surface area contributed by atoms with E-state index in [1.165, 1.54) is 5.56 Å². The van der Waals surface area contributed by atoms with E-state index in [0.29, 0.717) is 6.42 Å². The molecule has 1 aromatic heterocycles. The quantitative estimate of drug-likeness (QED) is 0.832. The molecule has 1 aliphatic heterocycles. The van der Waals surface area contributed by atoms with Crippen molar-refractivity contribution in [1.82, 2.24) is 14.8 Å². The normalized spacial score (nSPS) is 21.6. The predicted molar refractivity (Wildman–Crippen MR) is 80.9 cm³/mol. The molecular formula is C16H25N3O. The molecular weight excluding hydrogens is 250 g/mol. The molecule has 0 bridgehead atoms. The standard InChI is InChI=1S/C16H25N3O/c1-4-13-6-7-14(17-11-13)10-16(20)15-12-18(2)8-5-9-19(15)3/h6-7,11,15H,4-5,8-10,12H2,1-3H3. The van der Waals surface area contributed by atoms with Crippen molar-refractivity contribution in [2.75, 3.05) is 33.7 Å². The Kier molecular flexibility index (Phi) is 5.26. The van der Waals surface area contributed by atoms with Gasteiger partial charge in [-0.2, -0.15) is 0 Å². The third-order valence-corrected chi connectivity index (χ3v) is 4.09. The maximum Gasteiger partial charge on any atom is 0.157 e. The van der Waals surface area contributed by atoms with Crippen molar-refractivity contribution in [1.29, 1.82) is 0 Å². The minimum atomic E-state index is -0.00449. The molecule has 1 atom stereocenters. The molecule has 0 saturated carbocycles. The summed E-state index contributed by atoms with van der Waals surface area (Å²) in [5.74, 6) is 0.276. The van der Waals surface area contributed by atoms with Gasteiger partial charge in [0.2, 0.25) is 0 Å². The molecule has 0 N–H and O–H groups in total. The van der Waals surface area contributed by atoms with Gasteiger partial charge in [0.1, 0.15) is 0 Å². The van der Waals surface area contributed by atoms with Crippen molar-refractivity contribution >= 4 is 5.78 Å².